The number of carbonyl (C=O) groups is 1. The molecule has 0 spiro atoms. The van der Waals surface area contributed by atoms with Gasteiger partial charge in [-0.05, 0) is 38.9 Å². The smallest absolute Gasteiger partial charge is 0.284 e. The van der Waals surface area contributed by atoms with Gasteiger partial charge in [0, 0.05) is 6.42 Å². The van der Waals surface area contributed by atoms with E-state index in [0.29, 0.717) is 6.42 Å². The number of carbonyl (C=O) groups excluding carboxylic acids is 1. The monoisotopic (exact) mass is 399 g/mol. The van der Waals surface area contributed by atoms with E-state index < -0.39 is 15.1 Å². The summed E-state index contributed by atoms with van der Waals surface area (Å²) in [4.78, 5) is 13.0. The van der Waals surface area contributed by atoms with E-state index in [4.69, 9.17) is 4.43 Å². The van der Waals surface area contributed by atoms with Crippen molar-refractivity contribution in [1.29, 1.82) is 0 Å². The lowest BCUT2D eigenvalue weighted by atomic mass is 9.77. The van der Waals surface area contributed by atoms with E-state index in [1.165, 1.54) is 11.1 Å². The van der Waals surface area contributed by atoms with Crippen LogP contribution in [0.1, 0.15) is 50.0 Å². The first kappa shape index (κ1) is 19.8. The van der Waals surface area contributed by atoms with E-state index in [0.717, 1.165) is 22.4 Å². The SMILES string of the molecule is CC(C)(C)c1cccc2c1CCC(=O)C2O[Si](c1ccccc1)c1ccccc1. The summed E-state index contributed by atoms with van der Waals surface area (Å²) < 4.78 is 6.72. The summed E-state index contributed by atoms with van der Waals surface area (Å²) in [6.45, 7) is 6.70. The zero-order valence-corrected chi connectivity index (χ0v) is 18.3. The number of rotatable bonds is 4. The van der Waals surface area contributed by atoms with Crippen molar-refractivity contribution in [1.82, 2.24) is 0 Å². The van der Waals surface area contributed by atoms with Crippen molar-refractivity contribution in [3.8, 4) is 0 Å². The molecule has 1 atom stereocenters. The van der Waals surface area contributed by atoms with Gasteiger partial charge in [0.15, 0.2) is 5.78 Å². The van der Waals surface area contributed by atoms with Crippen LogP contribution in [0.4, 0.5) is 0 Å². The van der Waals surface area contributed by atoms with Gasteiger partial charge < -0.3 is 4.43 Å². The molecule has 0 bridgehead atoms. The molecule has 0 amide bonds. The van der Waals surface area contributed by atoms with E-state index >= 15 is 0 Å². The first-order chi connectivity index (χ1) is 13.9. The highest BCUT2D eigenvalue weighted by atomic mass is 28.3. The molecule has 0 heterocycles. The summed E-state index contributed by atoms with van der Waals surface area (Å²) in [5.41, 5.74) is 3.72. The lowest BCUT2D eigenvalue weighted by Gasteiger charge is -2.32. The third-order valence-corrected chi connectivity index (χ3v) is 7.71. The van der Waals surface area contributed by atoms with Crippen LogP contribution in [0.5, 0.6) is 0 Å². The first-order valence-corrected chi connectivity index (χ1v) is 11.7. The van der Waals surface area contributed by atoms with Gasteiger partial charge in [0.2, 0.25) is 0 Å². The molecule has 0 aromatic heterocycles. The van der Waals surface area contributed by atoms with Crippen molar-refractivity contribution in [2.24, 2.45) is 0 Å². The van der Waals surface area contributed by atoms with Crippen LogP contribution in [0.3, 0.4) is 0 Å². The van der Waals surface area contributed by atoms with Gasteiger partial charge in [-0.3, -0.25) is 4.79 Å². The zero-order valence-electron chi connectivity index (χ0n) is 17.3. The van der Waals surface area contributed by atoms with Crippen LogP contribution >= 0.6 is 0 Å². The van der Waals surface area contributed by atoms with Crippen molar-refractivity contribution < 1.29 is 9.22 Å². The Morgan fingerprint density at radius 1 is 0.793 bits per heavy atom. The van der Waals surface area contributed by atoms with Crippen LogP contribution in [-0.2, 0) is 21.1 Å². The third kappa shape index (κ3) is 4.12. The topological polar surface area (TPSA) is 26.3 Å². The summed E-state index contributed by atoms with van der Waals surface area (Å²) in [7, 11) is -1.54. The molecule has 1 radical (unpaired) electrons. The molecule has 2 nitrogen and oxygen atoms in total. The molecule has 3 aromatic carbocycles. The average molecular weight is 400 g/mol. The maximum atomic E-state index is 13.0. The maximum absolute atomic E-state index is 13.0. The minimum absolute atomic E-state index is 0.0446. The Kier molecular flexibility index (Phi) is 5.53. The molecule has 3 heteroatoms. The normalized spacial score (nSPS) is 16.7. The van der Waals surface area contributed by atoms with Gasteiger partial charge in [-0.2, -0.15) is 0 Å². The van der Waals surface area contributed by atoms with E-state index in [2.05, 4.69) is 63.2 Å². The Bertz CT molecular complexity index is 951. The standard InChI is InChI=1S/C26H27O2Si/c1-26(2,3)23-16-10-15-22-21(23)17-18-24(27)25(22)28-29(19-11-6-4-7-12-19)20-13-8-5-9-14-20/h4-16,25H,17-18H2,1-3H3. The molecule has 1 aliphatic carbocycles. The van der Waals surface area contributed by atoms with Crippen LogP contribution in [0.15, 0.2) is 78.9 Å². The summed E-state index contributed by atoms with van der Waals surface area (Å²) >= 11 is 0. The minimum Gasteiger partial charge on any atom is -0.393 e. The largest absolute Gasteiger partial charge is 0.393 e. The Hall–Kier alpha value is -2.49. The van der Waals surface area contributed by atoms with Crippen molar-refractivity contribution in [2.45, 2.75) is 45.1 Å². The van der Waals surface area contributed by atoms with Gasteiger partial charge in [0.05, 0.1) is 0 Å². The Morgan fingerprint density at radius 3 is 1.93 bits per heavy atom. The van der Waals surface area contributed by atoms with Crippen LogP contribution in [-0.4, -0.2) is 14.8 Å². The van der Waals surface area contributed by atoms with Crippen LogP contribution in [0, 0.1) is 0 Å². The predicted octanol–water partition coefficient (Wildman–Crippen LogP) is 4.36. The molecule has 147 valence electrons. The molecule has 0 fully saturated rings. The molecule has 29 heavy (non-hydrogen) atoms. The van der Waals surface area contributed by atoms with Gasteiger partial charge in [-0.15, -0.1) is 0 Å². The molecular formula is C26H27O2Si. The van der Waals surface area contributed by atoms with Crippen molar-refractivity contribution in [2.75, 3.05) is 0 Å². The molecule has 4 rings (SSSR count). The van der Waals surface area contributed by atoms with Gasteiger partial charge >= 0.3 is 0 Å². The van der Waals surface area contributed by atoms with Crippen LogP contribution in [0.25, 0.3) is 0 Å². The lowest BCUT2D eigenvalue weighted by Crippen LogP contribution is -2.47. The number of hydrogen-bond donors (Lipinski definition) is 0. The summed E-state index contributed by atoms with van der Waals surface area (Å²) in [6, 6.07) is 27.0. The second-order valence-electron chi connectivity index (χ2n) is 8.65. The third-order valence-electron chi connectivity index (χ3n) is 5.52. The molecule has 3 aromatic rings. The van der Waals surface area contributed by atoms with E-state index in [1.807, 2.05) is 36.4 Å². The number of benzene rings is 3. The Balaban J connectivity index is 1.77. The highest BCUT2D eigenvalue weighted by molar-refractivity contribution is 6.80. The van der Waals surface area contributed by atoms with Gasteiger partial charge in [0.1, 0.15) is 6.10 Å². The highest BCUT2D eigenvalue weighted by Crippen LogP contribution is 2.37. The van der Waals surface area contributed by atoms with Crippen LogP contribution in [0.2, 0.25) is 0 Å². The van der Waals surface area contributed by atoms with E-state index in [1.54, 1.807) is 0 Å². The number of Topliss-reactive ketones (excluding diaryl/α,β-unsaturated/α-hetero) is 1. The zero-order chi connectivity index (χ0) is 20.4. The fraction of sp³-hybridized carbons (Fsp3) is 0.269. The molecule has 0 saturated heterocycles. The fourth-order valence-corrected chi connectivity index (χ4v) is 6.20. The summed E-state index contributed by atoms with van der Waals surface area (Å²) in [6.07, 6.45) is 0.860. The molecule has 0 saturated carbocycles. The fourth-order valence-electron chi connectivity index (χ4n) is 4.11. The van der Waals surface area contributed by atoms with Gasteiger partial charge in [-0.25, -0.2) is 0 Å². The van der Waals surface area contributed by atoms with Gasteiger partial charge in [0.25, 0.3) is 9.04 Å². The Morgan fingerprint density at radius 2 is 1.38 bits per heavy atom. The van der Waals surface area contributed by atoms with E-state index in [9.17, 15) is 4.79 Å². The van der Waals surface area contributed by atoms with Crippen LogP contribution < -0.4 is 10.4 Å². The quantitative estimate of drug-likeness (QED) is 0.609. The molecule has 0 N–H and O–H groups in total. The maximum Gasteiger partial charge on any atom is 0.284 e. The molecule has 0 aliphatic heterocycles. The van der Waals surface area contributed by atoms with Crippen molar-refractivity contribution >= 4 is 25.2 Å². The van der Waals surface area contributed by atoms with Crippen molar-refractivity contribution in [3.05, 3.63) is 95.6 Å². The van der Waals surface area contributed by atoms with Gasteiger partial charge in [-0.1, -0.05) is 99.6 Å². The van der Waals surface area contributed by atoms with Crippen molar-refractivity contribution in [3.63, 3.8) is 0 Å². The molecule has 1 unspecified atom stereocenters. The number of ketones is 1. The first-order valence-electron chi connectivity index (χ1n) is 10.2. The highest BCUT2D eigenvalue weighted by Gasteiger charge is 2.35. The average Bonchev–Trinajstić information content (AvgIpc) is 2.73. The number of fused-ring (bicyclic) bond motifs is 1. The molecular weight excluding hydrogens is 372 g/mol. The summed E-state index contributed by atoms with van der Waals surface area (Å²) in [5.74, 6) is 0.193. The molecule has 1 aliphatic rings. The minimum atomic E-state index is -1.54. The second-order valence-corrected chi connectivity index (χ2v) is 10.7. The predicted molar refractivity (Wildman–Crippen MR) is 120 cm³/mol. The Labute approximate surface area is 175 Å². The van der Waals surface area contributed by atoms with E-state index in [-0.39, 0.29) is 11.2 Å². The lowest BCUT2D eigenvalue weighted by molar-refractivity contribution is -0.126. The second kappa shape index (κ2) is 8.09. The number of hydrogen-bond acceptors (Lipinski definition) is 2. The summed E-state index contributed by atoms with van der Waals surface area (Å²) in [5, 5.41) is 2.33.